The molecule has 1 aliphatic rings. The van der Waals surface area contributed by atoms with Crippen molar-refractivity contribution in [1.82, 2.24) is 0 Å². The summed E-state index contributed by atoms with van der Waals surface area (Å²) in [5.74, 6) is -2.19. The van der Waals surface area contributed by atoms with Gasteiger partial charge >= 0.3 is 12.1 Å². The van der Waals surface area contributed by atoms with Crippen molar-refractivity contribution in [3.05, 3.63) is 35.4 Å². The van der Waals surface area contributed by atoms with Gasteiger partial charge in [0.2, 0.25) is 0 Å². The molecule has 2 rings (SSSR count). The summed E-state index contributed by atoms with van der Waals surface area (Å²) in [5, 5.41) is 4.61. The van der Waals surface area contributed by atoms with Crippen molar-refractivity contribution in [2.75, 3.05) is 19.2 Å². The van der Waals surface area contributed by atoms with Crippen LogP contribution in [-0.2, 0) is 14.3 Å². The average Bonchev–Trinajstić information content (AvgIpc) is 2.82. The number of anilines is 1. The fourth-order valence-corrected chi connectivity index (χ4v) is 2.15. The second-order valence-electron chi connectivity index (χ2n) is 4.74. The molecule has 128 valence electrons. The van der Waals surface area contributed by atoms with Crippen LogP contribution in [0.1, 0.15) is 6.92 Å². The van der Waals surface area contributed by atoms with Crippen LogP contribution < -0.4 is 9.75 Å². The minimum Gasteiger partial charge on any atom is -0.497 e. The van der Waals surface area contributed by atoms with Crippen LogP contribution in [0.2, 0.25) is 0 Å². The van der Waals surface area contributed by atoms with Crippen LogP contribution in [0.15, 0.2) is 40.5 Å². The highest BCUT2D eigenvalue weighted by Gasteiger charge is 2.47. The third kappa shape index (κ3) is 3.10. The van der Waals surface area contributed by atoms with Crippen molar-refractivity contribution in [2.24, 2.45) is 5.10 Å². The van der Waals surface area contributed by atoms with E-state index in [-0.39, 0.29) is 11.4 Å². The third-order valence-corrected chi connectivity index (χ3v) is 3.26. The predicted molar refractivity (Wildman–Crippen MR) is 78.7 cm³/mol. The van der Waals surface area contributed by atoms with Gasteiger partial charge in [0.05, 0.1) is 31.2 Å². The predicted octanol–water partition coefficient (Wildman–Crippen LogP) is 2.45. The number of nitrogens with zero attached hydrogens (tertiary/aromatic N) is 2. The van der Waals surface area contributed by atoms with E-state index < -0.39 is 29.2 Å². The lowest BCUT2D eigenvalue weighted by molar-refractivity contribution is -0.148. The summed E-state index contributed by atoms with van der Waals surface area (Å²) in [5.41, 5.74) is -2.49. The minimum atomic E-state index is -5.05. The quantitative estimate of drug-likeness (QED) is 0.625. The van der Waals surface area contributed by atoms with Crippen molar-refractivity contribution in [3.63, 3.8) is 0 Å². The number of alkyl halides is 3. The normalized spacial score (nSPS) is 16.8. The Hall–Kier alpha value is -2.84. The molecule has 0 aliphatic carbocycles. The van der Waals surface area contributed by atoms with Crippen LogP contribution in [0.5, 0.6) is 5.75 Å². The number of esters is 1. The van der Waals surface area contributed by atoms with Crippen LogP contribution in [-0.4, -0.2) is 38.0 Å². The smallest absolute Gasteiger partial charge is 0.424 e. The number of rotatable bonds is 3. The molecule has 0 saturated carbocycles. The van der Waals surface area contributed by atoms with Crippen molar-refractivity contribution < 1.29 is 32.2 Å². The van der Waals surface area contributed by atoms with Crippen LogP contribution in [0.25, 0.3) is 0 Å². The molecular weight excluding hydrogens is 329 g/mol. The van der Waals surface area contributed by atoms with Gasteiger partial charge in [0.15, 0.2) is 5.57 Å². The van der Waals surface area contributed by atoms with E-state index in [0.717, 1.165) is 12.1 Å². The molecule has 0 radical (unpaired) electrons. The molecule has 24 heavy (non-hydrogen) atoms. The van der Waals surface area contributed by atoms with Gasteiger partial charge in [0, 0.05) is 0 Å². The maximum absolute atomic E-state index is 13.2. The summed E-state index contributed by atoms with van der Waals surface area (Å²) in [6.07, 6.45) is -5.05. The first-order chi connectivity index (χ1) is 11.2. The Balaban J connectivity index is 2.52. The molecule has 0 unspecified atom stereocenters. The first-order valence-corrected chi connectivity index (χ1v) is 6.64. The van der Waals surface area contributed by atoms with Crippen LogP contribution in [0.3, 0.4) is 0 Å². The Bertz CT molecular complexity index is 736. The fraction of sp³-hybridized carbons (Fsp3) is 0.267. The summed E-state index contributed by atoms with van der Waals surface area (Å²) >= 11 is 0. The molecule has 0 saturated heterocycles. The standard InChI is InChI=1S/C15H13F3N2O4/c1-8-11(12(14(22)24-3)15(16,17)18)13(21)20(19-8)9-4-6-10(23-2)7-5-9/h4-7H,1-3H3. The van der Waals surface area contributed by atoms with Crippen LogP contribution in [0, 0.1) is 0 Å². The SMILES string of the molecule is COC(=O)C(=C1C(=O)N(c2ccc(OC)cc2)N=C1C)C(F)(F)F. The Morgan fingerprint density at radius 1 is 1.17 bits per heavy atom. The minimum absolute atomic E-state index is 0.228. The lowest BCUT2D eigenvalue weighted by atomic mass is 10.0. The fourth-order valence-electron chi connectivity index (χ4n) is 2.15. The van der Waals surface area contributed by atoms with Gasteiger partial charge in [-0.05, 0) is 31.2 Å². The first-order valence-electron chi connectivity index (χ1n) is 6.64. The Morgan fingerprint density at radius 3 is 2.21 bits per heavy atom. The number of methoxy groups -OCH3 is 2. The zero-order valence-corrected chi connectivity index (χ0v) is 13.0. The number of hydrogen-bond donors (Lipinski definition) is 0. The monoisotopic (exact) mass is 342 g/mol. The van der Waals surface area contributed by atoms with E-state index >= 15 is 0 Å². The van der Waals surface area contributed by atoms with Gasteiger partial charge in [-0.1, -0.05) is 0 Å². The zero-order chi connectivity index (χ0) is 18.1. The molecule has 6 nitrogen and oxygen atoms in total. The summed E-state index contributed by atoms with van der Waals surface area (Å²) in [7, 11) is 2.26. The maximum atomic E-state index is 13.2. The highest BCUT2D eigenvalue weighted by Crippen LogP contribution is 2.34. The van der Waals surface area contributed by atoms with Crippen LogP contribution in [0.4, 0.5) is 18.9 Å². The number of carbonyl (C=O) groups excluding carboxylic acids is 2. The number of hydrazone groups is 1. The second-order valence-corrected chi connectivity index (χ2v) is 4.74. The molecule has 0 N–H and O–H groups in total. The van der Waals surface area contributed by atoms with E-state index in [9.17, 15) is 22.8 Å². The van der Waals surface area contributed by atoms with E-state index in [2.05, 4.69) is 9.84 Å². The number of halogens is 3. The van der Waals surface area contributed by atoms with Gasteiger partial charge in [-0.3, -0.25) is 4.79 Å². The number of benzene rings is 1. The molecule has 0 spiro atoms. The highest BCUT2D eigenvalue weighted by molar-refractivity contribution is 6.32. The molecule has 0 atom stereocenters. The van der Waals surface area contributed by atoms with Gasteiger partial charge in [0.25, 0.3) is 5.91 Å². The van der Waals surface area contributed by atoms with Crippen LogP contribution >= 0.6 is 0 Å². The highest BCUT2D eigenvalue weighted by atomic mass is 19.4. The molecule has 0 bridgehead atoms. The van der Waals surface area contributed by atoms with E-state index in [1.165, 1.54) is 38.3 Å². The largest absolute Gasteiger partial charge is 0.497 e. The molecule has 1 aliphatic heterocycles. The Morgan fingerprint density at radius 2 is 1.75 bits per heavy atom. The average molecular weight is 342 g/mol. The van der Waals surface area contributed by atoms with Gasteiger partial charge in [-0.2, -0.15) is 23.3 Å². The molecule has 0 aromatic heterocycles. The number of hydrogen-bond acceptors (Lipinski definition) is 5. The molecular formula is C15H13F3N2O4. The van der Waals surface area contributed by atoms with Crippen molar-refractivity contribution in [2.45, 2.75) is 13.1 Å². The molecule has 9 heteroatoms. The van der Waals surface area contributed by atoms with Gasteiger partial charge < -0.3 is 9.47 Å². The Kier molecular flexibility index (Phi) is 4.63. The summed E-state index contributed by atoms with van der Waals surface area (Å²) in [4.78, 5) is 23.9. The summed E-state index contributed by atoms with van der Waals surface area (Å²) < 4.78 is 48.7. The topological polar surface area (TPSA) is 68.2 Å². The van der Waals surface area contributed by atoms with Gasteiger partial charge in [0.1, 0.15) is 5.75 Å². The third-order valence-electron chi connectivity index (χ3n) is 3.26. The van der Waals surface area contributed by atoms with Crippen molar-refractivity contribution in [3.8, 4) is 5.75 Å². The summed E-state index contributed by atoms with van der Waals surface area (Å²) in [6, 6.07) is 5.98. The summed E-state index contributed by atoms with van der Waals surface area (Å²) in [6.45, 7) is 1.21. The van der Waals surface area contributed by atoms with E-state index in [1.807, 2.05) is 0 Å². The Labute approximate surface area is 135 Å². The van der Waals surface area contributed by atoms with E-state index in [1.54, 1.807) is 0 Å². The second kappa shape index (κ2) is 6.34. The lowest BCUT2D eigenvalue weighted by Crippen LogP contribution is -2.29. The lowest BCUT2D eigenvalue weighted by Gasteiger charge is -2.14. The number of amides is 1. The van der Waals surface area contributed by atoms with Gasteiger partial charge in [-0.25, -0.2) is 4.79 Å². The number of carbonyl (C=O) groups is 2. The van der Waals surface area contributed by atoms with Crippen molar-refractivity contribution in [1.29, 1.82) is 0 Å². The molecule has 0 fully saturated rings. The number of ether oxygens (including phenoxy) is 2. The van der Waals surface area contributed by atoms with E-state index in [0.29, 0.717) is 5.75 Å². The first kappa shape index (κ1) is 17.5. The molecule has 1 aromatic rings. The van der Waals surface area contributed by atoms with Crippen molar-refractivity contribution >= 4 is 23.3 Å². The maximum Gasteiger partial charge on any atom is 0.424 e. The van der Waals surface area contributed by atoms with E-state index in [4.69, 9.17) is 4.74 Å². The molecule has 1 heterocycles. The molecule has 1 aromatic carbocycles. The zero-order valence-electron chi connectivity index (χ0n) is 13.0. The van der Waals surface area contributed by atoms with Gasteiger partial charge in [-0.15, -0.1) is 0 Å². The molecule has 1 amide bonds.